The molecule has 0 atom stereocenters. The predicted octanol–water partition coefficient (Wildman–Crippen LogP) is 2.95. The minimum Gasteiger partial charge on any atom is -0.355 e. The highest BCUT2D eigenvalue weighted by Gasteiger charge is 2.28. The van der Waals surface area contributed by atoms with E-state index in [1.807, 2.05) is 11.6 Å². The lowest BCUT2D eigenvalue weighted by Crippen LogP contribution is -2.27. The van der Waals surface area contributed by atoms with Crippen LogP contribution in [0, 0.1) is 6.92 Å². The molecule has 3 aromatic heterocycles. The number of thioether (sulfide) groups is 1. The first kappa shape index (κ1) is 17.6. The smallest absolute Gasteiger partial charge is 0.230 e. The number of amides is 1. The average Bonchev–Trinajstić information content (AvgIpc) is 3.01. The minimum absolute atomic E-state index is 0.00672. The summed E-state index contributed by atoms with van der Waals surface area (Å²) in [5.74, 6) is 0.341. The van der Waals surface area contributed by atoms with Crippen LogP contribution in [-0.2, 0) is 11.2 Å². The Labute approximate surface area is 163 Å². The second-order valence-corrected chi connectivity index (χ2v) is 9.22. The largest absolute Gasteiger partial charge is 0.355 e. The van der Waals surface area contributed by atoms with Crippen molar-refractivity contribution in [2.24, 2.45) is 0 Å². The summed E-state index contributed by atoms with van der Waals surface area (Å²) in [4.78, 5) is 19.0. The molecule has 1 aliphatic carbocycles. The van der Waals surface area contributed by atoms with Gasteiger partial charge in [0, 0.05) is 16.8 Å². The molecule has 3 aromatic rings. The number of carbonyl (C=O) groups is 1. The van der Waals surface area contributed by atoms with Crippen LogP contribution in [0.3, 0.4) is 0 Å². The number of nitrogens with one attached hydrogen (secondary N) is 1. The van der Waals surface area contributed by atoms with Crippen LogP contribution in [0.4, 0.5) is 0 Å². The van der Waals surface area contributed by atoms with Crippen LogP contribution >= 0.6 is 34.4 Å². The highest BCUT2D eigenvalue weighted by Crippen LogP contribution is 2.36. The number of nitrogens with zero attached hydrogens (tertiary/aromatic N) is 5. The molecule has 4 rings (SSSR count). The van der Waals surface area contributed by atoms with Gasteiger partial charge in [-0.25, -0.2) is 9.67 Å². The van der Waals surface area contributed by atoms with Crippen molar-refractivity contribution < 1.29 is 4.79 Å². The Kier molecular flexibility index (Phi) is 5.32. The molecule has 0 saturated heterocycles. The summed E-state index contributed by atoms with van der Waals surface area (Å²) in [6.45, 7) is 2.64. The molecule has 26 heavy (non-hydrogen) atoms. The van der Waals surface area contributed by atoms with E-state index in [4.69, 9.17) is 0 Å². The number of aryl methyl sites for hydroxylation is 1. The van der Waals surface area contributed by atoms with Crippen molar-refractivity contribution in [2.75, 3.05) is 12.3 Å². The van der Waals surface area contributed by atoms with E-state index in [1.165, 1.54) is 21.5 Å². The van der Waals surface area contributed by atoms with Gasteiger partial charge in [-0.15, -0.1) is 27.8 Å². The maximum atomic E-state index is 12.0. The summed E-state index contributed by atoms with van der Waals surface area (Å²) in [5, 5.41) is 18.5. The molecule has 0 radical (unpaired) electrons. The molecule has 10 heteroatoms. The molecule has 3 heterocycles. The number of hydrogen-bond acceptors (Lipinski definition) is 8. The fourth-order valence-corrected chi connectivity index (χ4v) is 4.89. The normalized spacial score (nSPS) is 13.9. The molecule has 0 unspecified atom stereocenters. The van der Waals surface area contributed by atoms with E-state index in [9.17, 15) is 4.79 Å². The zero-order valence-electron chi connectivity index (χ0n) is 14.2. The lowest BCUT2D eigenvalue weighted by molar-refractivity contribution is -0.118. The summed E-state index contributed by atoms with van der Waals surface area (Å²) in [7, 11) is 0. The lowest BCUT2D eigenvalue weighted by atomic mass is 10.3. The van der Waals surface area contributed by atoms with Gasteiger partial charge in [0.25, 0.3) is 0 Å². The van der Waals surface area contributed by atoms with Crippen molar-refractivity contribution in [2.45, 2.75) is 37.4 Å². The average molecular weight is 407 g/mol. The Morgan fingerprint density at radius 2 is 2.31 bits per heavy atom. The summed E-state index contributed by atoms with van der Waals surface area (Å²) >= 11 is 4.78. The molecular weight excluding hydrogens is 388 g/mol. The molecule has 0 aliphatic heterocycles. The second kappa shape index (κ2) is 7.85. The van der Waals surface area contributed by atoms with Crippen molar-refractivity contribution in [3.63, 3.8) is 0 Å². The van der Waals surface area contributed by atoms with Gasteiger partial charge in [-0.05, 0) is 48.7 Å². The number of hydrogen-bond donors (Lipinski definition) is 1. The third-order valence-corrected chi connectivity index (χ3v) is 6.79. The molecule has 0 spiro atoms. The SMILES string of the molecule is Cc1nc(-c2ccc(CCNC(=O)CSc3nnnn3C3CC3)s2)cs1. The molecule has 1 N–H and O–H groups in total. The van der Waals surface area contributed by atoms with Crippen LogP contribution in [0.2, 0.25) is 0 Å². The third-order valence-electron chi connectivity index (χ3n) is 3.91. The quantitative estimate of drug-likeness (QED) is 0.579. The second-order valence-electron chi connectivity index (χ2n) is 6.04. The third kappa shape index (κ3) is 4.30. The number of carbonyl (C=O) groups excluding carboxylic acids is 1. The van der Waals surface area contributed by atoms with Gasteiger partial charge < -0.3 is 5.32 Å². The Balaban J connectivity index is 1.21. The van der Waals surface area contributed by atoms with E-state index in [0.29, 0.717) is 18.3 Å². The van der Waals surface area contributed by atoms with E-state index in [1.54, 1.807) is 22.7 Å². The highest BCUT2D eigenvalue weighted by atomic mass is 32.2. The number of aromatic nitrogens is 5. The molecule has 136 valence electrons. The van der Waals surface area contributed by atoms with Crippen molar-refractivity contribution in [1.82, 2.24) is 30.5 Å². The zero-order valence-corrected chi connectivity index (χ0v) is 16.7. The van der Waals surface area contributed by atoms with Gasteiger partial charge in [-0.1, -0.05) is 11.8 Å². The first-order valence-electron chi connectivity index (χ1n) is 8.37. The van der Waals surface area contributed by atoms with Gasteiger partial charge >= 0.3 is 0 Å². The number of thiophene rings is 1. The van der Waals surface area contributed by atoms with Crippen LogP contribution in [0.15, 0.2) is 22.7 Å². The van der Waals surface area contributed by atoms with Crippen molar-refractivity contribution in [3.8, 4) is 10.6 Å². The summed E-state index contributed by atoms with van der Waals surface area (Å²) < 4.78 is 1.82. The summed E-state index contributed by atoms with van der Waals surface area (Å²) in [5.41, 5.74) is 1.04. The van der Waals surface area contributed by atoms with Gasteiger partial charge in [0.15, 0.2) is 0 Å². The molecular formula is C16H18N6OS3. The number of thiazole rings is 1. The van der Waals surface area contributed by atoms with Crippen molar-refractivity contribution in [1.29, 1.82) is 0 Å². The highest BCUT2D eigenvalue weighted by molar-refractivity contribution is 7.99. The lowest BCUT2D eigenvalue weighted by Gasteiger charge is -2.04. The number of rotatable bonds is 8. The molecule has 1 aliphatic rings. The van der Waals surface area contributed by atoms with E-state index >= 15 is 0 Å². The van der Waals surface area contributed by atoms with Gasteiger partial charge in [0.1, 0.15) is 0 Å². The van der Waals surface area contributed by atoms with Crippen LogP contribution in [0.25, 0.3) is 10.6 Å². The van der Waals surface area contributed by atoms with Gasteiger partial charge in [0.05, 0.1) is 27.4 Å². The Morgan fingerprint density at radius 1 is 1.42 bits per heavy atom. The fraction of sp³-hybridized carbons (Fsp3) is 0.438. The Morgan fingerprint density at radius 3 is 3.08 bits per heavy atom. The standard InChI is InChI=1S/C16H18N6OS3/c1-10-18-13(8-24-10)14-5-4-12(26-14)6-7-17-15(23)9-25-16-19-20-21-22(16)11-2-3-11/h4-5,8,11H,2-3,6-7,9H2,1H3,(H,17,23). The van der Waals surface area contributed by atoms with Crippen LogP contribution < -0.4 is 5.32 Å². The molecule has 1 saturated carbocycles. The molecule has 1 fully saturated rings. The molecule has 0 aromatic carbocycles. The minimum atomic E-state index is 0.00672. The fourth-order valence-electron chi connectivity index (χ4n) is 2.46. The number of tetrazole rings is 1. The first-order chi connectivity index (χ1) is 12.7. The summed E-state index contributed by atoms with van der Waals surface area (Å²) in [6, 6.07) is 4.63. The molecule has 1 amide bonds. The van der Waals surface area contributed by atoms with Crippen LogP contribution in [0.5, 0.6) is 0 Å². The van der Waals surface area contributed by atoms with Gasteiger partial charge in [-0.3, -0.25) is 4.79 Å². The maximum absolute atomic E-state index is 12.0. The monoisotopic (exact) mass is 406 g/mol. The van der Waals surface area contributed by atoms with E-state index < -0.39 is 0 Å². The first-order valence-corrected chi connectivity index (χ1v) is 11.1. The molecule has 7 nitrogen and oxygen atoms in total. The van der Waals surface area contributed by atoms with Crippen LogP contribution in [0.1, 0.15) is 28.8 Å². The Hall–Kier alpha value is -1.78. The van der Waals surface area contributed by atoms with Gasteiger partial charge in [0.2, 0.25) is 11.1 Å². The topological polar surface area (TPSA) is 85.6 Å². The van der Waals surface area contributed by atoms with Gasteiger partial charge in [-0.2, -0.15) is 0 Å². The zero-order chi connectivity index (χ0) is 17.9. The van der Waals surface area contributed by atoms with E-state index in [-0.39, 0.29) is 5.91 Å². The van der Waals surface area contributed by atoms with Crippen molar-refractivity contribution in [3.05, 3.63) is 27.4 Å². The maximum Gasteiger partial charge on any atom is 0.230 e. The van der Waals surface area contributed by atoms with E-state index in [2.05, 4.69) is 43.3 Å². The van der Waals surface area contributed by atoms with Crippen molar-refractivity contribution >= 4 is 40.3 Å². The molecule has 0 bridgehead atoms. The summed E-state index contributed by atoms with van der Waals surface area (Å²) in [6.07, 6.45) is 3.06. The van der Waals surface area contributed by atoms with Crippen LogP contribution in [-0.4, -0.2) is 43.4 Å². The predicted molar refractivity (Wildman–Crippen MR) is 104 cm³/mol. The Bertz CT molecular complexity index is 897. The van der Waals surface area contributed by atoms with E-state index in [0.717, 1.165) is 35.1 Å².